The Morgan fingerprint density at radius 3 is 2.33 bits per heavy atom. The molecule has 3 N–H and O–H groups in total. The summed E-state index contributed by atoms with van der Waals surface area (Å²) in [5.41, 5.74) is 6.40. The molecule has 0 heterocycles. The normalized spacial score (nSPS) is 13.1. The Labute approximate surface area is 114 Å². The lowest BCUT2D eigenvalue weighted by Crippen LogP contribution is -2.48. The van der Waals surface area contributed by atoms with Gasteiger partial charge >= 0.3 is 12.1 Å². The van der Waals surface area contributed by atoms with Crippen LogP contribution in [-0.2, 0) is 0 Å². The number of nitro benzene ring substituents is 1. The van der Waals surface area contributed by atoms with E-state index in [1.54, 1.807) is 0 Å². The summed E-state index contributed by atoms with van der Waals surface area (Å²) in [4.78, 5) is 9.88. The number of nitrogens with one attached hydrogen (secondary N) is 1. The summed E-state index contributed by atoms with van der Waals surface area (Å²) in [5.74, 6) is -7.25. The van der Waals surface area contributed by atoms with Gasteiger partial charge in [-0.1, -0.05) is 0 Å². The molecule has 0 unspecified atom stereocenters. The van der Waals surface area contributed by atoms with Crippen molar-refractivity contribution in [3.63, 3.8) is 0 Å². The van der Waals surface area contributed by atoms with E-state index in [0.717, 1.165) is 18.2 Å². The molecule has 0 aliphatic rings. The molecule has 0 radical (unpaired) electrons. The molecule has 0 bridgehead atoms. The minimum absolute atomic E-state index is 0.0287. The predicted octanol–water partition coefficient (Wildman–Crippen LogP) is 2.78. The summed E-state index contributed by atoms with van der Waals surface area (Å²) in [6, 6.07) is 3.29. The molecule has 0 saturated heterocycles. The van der Waals surface area contributed by atoms with Gasteiger partial charge in [0.1, 0.15) is 0 Å². The van der Waals surface area contributed by atoms with Crippen LogP contribution in [0.2, 0.25) is 0 Å². The lowest BCUT2D eigenvalue weighted by molar-refractivity contribution is -0.385. The van der Waals surface area contributed by atoms with Gasteiger partial charge in [0.05, 0.1) is 10.6 Å². The van der Waals surface area contributed by atoms with Gasteiger partial charge in [0.2, 0.25) is 0 Å². The number of nitrogens with two attached hydrogens (primary N) is 1. The maximum atomic E-state index is 12.8. The van der Waals surface area contributed by atoms with Crippen molar-refractivity contribution in [2.75, 3.05) is 5.43 Å². The number of rotatable bonds is 4. The number of nitrogens with zero attached hydrogens (tertiary/aromatic N) is 2. The molecule has 0 atom stereocenters. The van der Waals surface area contributed by atoms with Crippen molar-refractivity contribution < 1.29 is 26.9 Å². The van der Waals surface area contributed by atoms with E-state index in [2.05, 4.69) is 10.8 Å². The Kier molecular flexibility index (Phi) is 4.35. The molecule has 0 aliphatic carbocycles. The number of anilines is 1. The summed E-state index contributed by atoms with van der Waals surface area (Å²) in [6.45, 7) is 1.36. The lowest BCUT2D eigenvalue weighted by atomic mass is 10.2. The maximum Gasteiger partial charge on any atom is 0.461 e. The molecular weight excluding hydrogens is 303 g/mol. The first-order chi connectivity index (χ1) is 9.46. The third kappa shape index (κ3) is 3.55. The standard InChI is InChI=1S/C10H9F5N4O2/c1-5-4-6(2-3-7(5)19(20)21)17-18-8(16)9(11,12)10(13,14)15/h2-4,17H,1H3,(H2,16,18). The Bertz CT molecular complexity index is 585. The molecule has 0 spiro atoms. The summed E-state index contributed by atoms with van der Waals surface area (Å²) in [6.07, 6.45) is -5.87. The van der Waals surface area contributed by atoms with Crippen molar-refractivity contribution in [2.24, 2.45) is 10.8 Å². The van der Waals surface area contributed by atoms with Crippen molar-refractivity contribution in [3.05, 3.63) is 33.9 Å². The molecule has 116 valence electrons. The first kappa shape index (κ1) is 16.6. The van der Waals surface area contributed by atoms with E-state index in [-0.39, 0.29) is 16.9 Å². The summed E-state index contributed by atoms with van der Waals surface area (Å²) >= 11 is 0. The number of benzene rings is 1. The molecule has 1 aromatic rings. The highest BCUT2D eigenvalue weighted by molar-refractivity contribution is 5.88. The predicted molar refractivity (Wildman–Crippen MR) is 64.1 cm³/mol. The molecule has 0 amide bonds. The SMILES string of the molecule is Cc1cc(N/N=C(\N)C(F)(F)C(F)(F)F)ccc1[N+](=O)[O-]. The number of hydrogen-bond donors (Lipinski definition) is 2. The molecule has 1 aromatic carbocycles. The van der Waals surface area contributed by atoms with Crippen LogP contribution in [0.3, 0.4) is 0 Å². The van der Waals surface area contributed by atoms with E-state index in [0.29, 0.717) is 0 Å². The van der Waals surface area contributed by atoms with Crippen molar-refractivity contribution in [3.8, 4) is 0 Å². The van der Waals surface area contributed by atoms with E-state index in [1.165, 1.54) is 6.92 Å². The molecule has 1 rings (SSSR count). The fourth-order valence-corrected chi connectivity index (χ4v) is 1.27. The van der Waals surface area contributed by atoms with Crippen LogP contribution in [0.15, 0.2) is 23.3 Å². The van der Waals surface area contributed by atoms with Crippen molar-refractivity contribution in [2.45, 2.75) is 19.0 Å². The first-order valence-electron chi connectivity index (χ1n) is 5.26. The quantitative estimate of drug-likeness (QED) is 0.294. The Morgan fingerprint density at radius 2 is 1.90 bits per heavy atom. The van der Waals surface area contributed by atoms with Gasteiger partial charge in [0.25, 0.3) is 5.69 Å². The zero-order chi connectivity index (χ0) is 16.4. The maximum absolute atomic E-state index is 12.8. The van der Waals surface area contributed by atoms with E-state index >= 15 is 0 Å². The van der Waals surface area contributed by atoms with Crippen LogP contribution in [0.25, 0.3) is 0 Å². The van der Waals surface area contributed by atoms with E-state index < -0.39 is 22.9 Å². The van der Waals surface area contributed by atoms with Gasteiger partial charge in [-0.25, -0.2) is 0 Å². The smallest absolute Gasteiger partial charge is 0.380 e. The highest BCUT2D eigenvalue weighted by atomic mass is 19.4. The van der Waals surface area contributed by atoms with Gasteiger partial charge in [0, 0.05) is 11.6 Å². The number of amidine groups is 1. The third-order valence-electron chi connectivity index (χ3n) is 2.38. The first-order valence-corrected chi connectivity index (χ1v) is 5.26. The highest BCUT2D eigenvalue weighted by Gasteiger charge is 2.61. The zero-order valence-corrected chi connectivity index (χ0v) is 10.4. The molecule has 0 saturated carbocycles. The minimum atomic E-state index is -5.87. The second-order valence-corrected chi connectivity index (χ2v) is 3.94. The van der Waals surface area contributed by atoms with Gasteiger partial charge in [-0.2, -0.15) is 27.1 Å². The van der Waals surface area contributed by atoms with E-state index in [9.17, 15) is 32.1 Å². The van der Waals surface area contributed by atoms with Crippen molar-refractivity contribution in [1.29, 1.82) is 0 Å². The fourth-order valence-electron chi connectivity index (χ4n) is 1.27. The summed E-state index contributed by atoms with van der Waals surface area (Å²) in [7, 11) is 0. The molecule has 0 fully saturated rings. The number of hydrazone groups is 1. The number of nitro groups is 1. The number of hydrogen-bond acceptors (Lipinski definition) is 4. The second kappa shape index (κ2) is 5.50. The zero-order valence-electron chi connectivity index (χ0n) is 10.4. The molecule has 11 heteroatoms. The Hall–Kier alpha value is -2.46. The molecule has 21 heavy (non-hydrogen) atoms. The van der Waals surface area contributed by atoms with Crippen molar-refractivity contribution >= 4 is 17.2 Å². The Balaban J connectivity index is 2.95. The molecule has 0 aliphatic heterocycles. The fraction of sp³-hybridized carbons (Fsp3) is 0.300. The minimum Gasteiger partial charge on any atom is -0.380 e. The topological polar surface area (TPSA) is 93.5 Å². The van der Waals surface area contributed by atoms with E-state index in [4.69, 9.17) is 0 Å². The number of alkyl halides is 5. The monoisotopic (exact) mass is 312 g/mol. The van der Waals surface area contributed by atoms with Gasteiger partial charge in [-0.05, 0) is 19.1 Å². The second-order valence-electron chi connectivity index (χ2n) is 3.94. The lowest BCUT2D eigenvalue weighted by Gasteiger charge is -2.18. The highest BCUT2D eigenvalue weighted by Crippen LogP contribution is 2.35. The number of aryl methyl sites for hydroxylation is 1. The van der Waals surface area contributed by atoms with Gasteiger partial charge in [-0.15, -0.1) is 0 Å². The van der Waals surface area contributed by atoms with Crippen molar-refractivity contribution in [1.82, 2.24) is 0 Å². The van der Waals surface area contributed by atoms with Crippen LogP contribution in [0, 0.1) is 17.0 Å². The summed E-state index contributed by atoms with van der Waals surface area (Å²) in [5, 5.41) is 13.3. The largest absolute Gasteiger partial charge is 0.461 e. The van der Waals surface area contributed by atoms with Crippen LogP contribution in [0.5, 0.6) is 0 Å². The van der Waals surface area contributed by atoms with Gasteiger partial charge in [-0.3, -0.25) is 15.5 Å². The molecular formula is C10H9F5N4O2. The van der Waals surface area contributed by atoms with Gasteiger partial charge < -0.3 is 5.73 Å². The average molecular weight is 312 g/mol. The van der Waals surface area contributed by atoms with Crippen LogP contribution in [0.4, 0.5) is 33.3 Å². The number of halogens is 5. The molecule has 6 nitrogen and oxygen atoms in total. The van der Waals surface area contributed by atoms with Crippen LogP contribution in [-0.4, -0.2) is 22.9 Å². The third-order valence-corrected chi connectivity index (χ3v) is 2.38. The summed E-state index contributed by atoms with van der Waals surface area (Å²) < 4.78 is 61.5. The van der Waals surface area contributed by atoms with Crippen LogP contribution in [0.1, 0.15) is 5.56 Å². The van der Waals surface area contributed by atoms with Crippen LogP contribution < -0.4 is 11.2 Å². The average Bonchev–Trinajstić information content (AvgIpc) is 2.33. The van der Waals surface area contributed by atoms with E-state index in [1.807, 2.05) is 5.43 Å². The van der Waals surface area contributed by atoms with Gasteiger partial charge in [0.15, 0.2) is 5.84 Å². The Morgan fingerprint density at radius 1 is 1.33 bits per heavy atom. The van der Waals surface area contributed by atoms with Crippen LogP contribution >= 0.6 is 0 Å². The molecule has 0 aromatic heterocycles.